The number of nitrogens with one attached hydrogen (secondary N) is 2. The van der Waals surface area contributed by atoms with Crippen molar-refractivity contribution in [2.45, 2.75) is 39.2 Å². The molecule has 1 saturated carbocycles. The number of anilines is 1. The highest BCUT2D eigenvalue weighted by Gasteiger charge is 2.29. The summed E-state index contributed by atoms with van der Waals surface area (Å²) in [5, 5.41) is 2.57. The third-order valence-electron chi connectivity index (χ3n) is 4.93. The largest absolute Gasteiger partial charge is 0.330 e. The molecular weight excluding hydrogens is 411 g/mol. The SMILES string of the molecule is CC(C)Cn1c(=O)[nH]c(=O)c2c(C(=O)Nc3ccc(F)c(Cl)c3)cc(C3CC3)nc21. The molecule has 2 heterocycles. The highest BCUT2D eigenvalue weighted by Crippen LogP contribution is 2.40. The Labute approximate surface area is 175 Å². The third kappa shape index (κ3) is 3.87. The lowest BCUT2D eigenvalue weighted by Crippen LogP contribution is -2.33. The number of rotatable bonds is 5. The normalized spacial score (nSPS) is 13.8. The van der Waals surface area contributed by atoms with Gasteiger partial charge in [-0.2, -0.15) is 0 Å². The van der Waals surface area contributed by atoms with Crippen molar-refractivity contribution >= 4 is 34.2 Å². The van der Waals surface area contributed by atoms with Crippen LogP contribution in [0.1, 0.15) is 48.7 Å². The lowest BCUT2D eigenvalue weighted by molar-refractivity contribution is 0.102. The van der Waals surface area contributed by atoms with Gasteiger partial charge in [0.05, 0.1) is 16.0 Å². The monoisotopic (exact) mass is 430 g/mol. The van der Waals surface area contributed by atoms with Crippen LogP contribution in [0, 0.1) is 11.7 Å². The number of halogens is 2. The van der Waals surface area contributed by atoms with E-state index in [1.165, 1.54) is 16.7 Å². The van der Waals surface area contributed by atoms with E-state index in [0.29, 0.717) is 12.2 Å². The number of carbonyl (C=O) groups is 1. The summed E-state index contributed by atoms with van der Waals surface area (Å²) in [6, 6.07) is 5.41. The third-order valence-corrected chi connectivity index (χ3v) is 5.22. The van der Waals surface area contributed by atoms with Crippen LogP contribution in [0.3, 0.4) is 0 Å². The number of carbonyl (C=O) groups excluding carboxylic acids is 1. The average molecular weight is 431 g/mol. The van der Waals surface area contributed by atoms with Gasteiger partial charge in [-0.1, -0.05) is 25.4 Å². The van der Waals surface area contributed by atoms with Crippen molar-refractivity contribution in [1.82, 2.24) is 14.5 Å². The van der Waals surface area contributed by atoms with E-state index < -0.39 is 23.0 Å². The Hall–Kier alpha value is -3.00. The van der Waals surface area contributed by atoms with Crippen LogP contribution in [0.25, 0.3) is 11.0 Å². The number of aromatic nitrogens is 3. The first-order valence-electron chi connectivity index (χ1n) is 9.68. The smallest absolute Gasteiger partial charge is 0.322 e. The van der Waals surface area contributed by atoms with Gasteiger partial charge in [0.15, 0.2) is 5.65 Å². The van der Waals surface area contributed by atoms with Crippen molar-refractivity contribution in [2.75, 3.05) is 5.32 Å². The van der Waals surface area contributed by atoms with Gasteiger partial charge in [-0.05, 0) is 43.0 Å². The maximum Gasteiger partial charge on any atom is 0.330 e. The zero-order chi connectivity index (χ0) is 21.6. The molecule has 0 bridgehead atoms. The number of hydrogen-bond acceptors (Lipinski definition) is 4. The van der Waals surface area contributed by atoms with E-state index >= 15 is 0 Å². The Bertz CT molecular complexity index is 1280. The van der Waals surface area contributed by atoms with Gasteiger partial charge in [-0.3, -0.25) is 19.1 Å². The van der Waals surface area contributed by atoms with E-state index in [1.54, 1.807) is 6.07 Å². The molecule has 30 heavy (non-hydrogen) atoms. The minimum absolute atomic E-state index is 0.0466. The summed E-state index contributed by atoms with van der Waals surface area (Å²) in [6.45, 7) is 4.24. The van der Waals surface area contributed by atoms with Crippen molar-refractivity contribution in [3.8, 4) is 0 Å². The number of hydrogen-bond donors (Lipinski definition) is 2. The van der Waals surface area contributed by atoms with E-state index in [4.69, 9.17) is 11.6 Å². The van der Waals surface area contributed by atoms with Crippen LogP contribution in [0.4, 0.5) is 10.1 Å². The Kier molecular flexibility index (Phi) is 5.19. The van der Waals surface area contributed by atoms with Crippen molar-refractivity contribution in [3.63, 3.8) is 0 Å². The second-order valence-electron chi connectivity index (χ2n) is 7.91. The summed E-state index contributed by atoms with van der Waals surface area (Å²) in [5.74, 6) is -0.841. The fourth-order valence-corrected chi connectivity index (χ4v) is 3.55. The molecule has 4 rings (SSSR count). The van der Waals surface area contributed by atoms with Gasteiger partial charge in [-0.15, -0.1) is 0 Å². The first-order chi connectivity index (χ1) is 14.2. The van der Waals surface area contributed by atoms with E-state index in [9.17, 15) is 18.8 Å². The number of H-pyrrole nitrogens is 1. The maximum atomic E-state index is 13.4. The first kappa shape index (κ1) is 20.3. The molecular formula is C21H20ClFN4O3. The quantitative estimate of drug-likeness (QED) is 0.645. The molecule has 1 aromatic carbocycles. The molecule has 7 nitrogen and oxygen atoms in total. The number of pyridine rings is 1. The fourth-order valence-electron chi connectivity index (χ4n) is 3.37. The molecule has 1 fully saturated rings. The van der Waals surface area contributed by atoms with Crippen LogP contribution in [0.2, 0.25) is 5.02 Å². The Morgan fingerprint density at radius 3 is 2.70 bits per heavy atom. The van der Waals surface area contributed by atoms with Crippen molar-refractivity contribution < 1.29 is 9.18 Å². The molecule has 2 N–H and O–H groups in total. The average Bonchev–Trinajstić information content (AvgIpc) is 3.52. The van der Waals surface area contributed by atoms with Gasteiger partial charge in [0, 0.05) is 23.8 Å². The van der Waals surface area contributed by atoms with Crippen LogP contribution in [-0.2, 0) is 6.54 Å². The Morgan fingerprint density at radius 2 is 2.07 bits per heavy atom. The van der Waals surface area contributed by atoms with Crippen molar-refractivity contribution in [1.29, 1.82) is 0 Å². The standard InChI is InChI=1S/C21H20ClFN4O3/c1-10(2)9-27-18-17(20(29)26-21(27)30)13(8-16(25-18)11-3-4-11)19(28)24-12-5-6-15(23)14(22)7-12/h5-8,10-11H,3-4,9H2,1-2H3,(H,24,28)(H,26,29,30). The molecule has 0 radical (unpaired) electrons. The van der Waals surface area contributed by atoms with Crippen molar-refractivity contribution in [3.05, 3.63) is 67.2 Å². The summed E-state index contributed by atoms with van der Waals surface area (Å²) in [4.78, 5) is 45.0. The maximum absolute atomic E-state index is 13.4. The minimum atomic E-state index is -0.674. The summed E-state index contributed by atoms with van der Waals surface area (Å²) < 4.78 is 14.8. The highest BCUT2D eigenvalue weighted by molar-refractivity contribution is 6.31. The van der Waals surface area contributed by atoms with E-state index in [2.05, 4.69) is 15.3 Å². The molecule has 1 aliphatic rings. The lowest BCUT2D eigenvalue weighted by Gasteiger charge is -2.15. The van der Waals surface area contributed by atoms with E-state index in [1.807, 2.05) is 13.8 Å². The van der Waals surface area contributed by atoms with Crippen LogP contribution in [-0.4, -0.2) is 20.4 Å². The number of amides is 1. The second kappa shape index (κ2) is 7.68. The summed E-state index contributed by atoms with van der Waals surface area (Å²) >= 11 is 5.80. The molecule has 1 amide bonds. The zero-order valence-electron chi connectivity index (χ0n) is 16.5. The molecule has 0 aliphatic heterocycles. The van der Waals surface area contributed by atoms with Crippen LogP contribution < -0.4 is 16.6 Å². The predicted molar refractivity (Wildman–Crippen MR) is 113 cm³/mol. The van der Waals surface area contributed by atoms with Crippen molar-refractivity contribution in [2.24, 2.45) is 5.92 Å². The molecule has 0 spiro atoms. The minimum Gasteiger partial charge on any atom is -0.322 e. The Balaban J connectivity index is 1.89. The van der Waals surface area contributed by atoms with Gasteiger partial charge in [-0.25, -0.2) is 14.2 Å². The van der Waals surface area contributed by atoms with E-state index in [-0.39, 0.29) is 39.1 Å². The predicted octanol–water partition coefficient (Wildman–Crippen LogP) is 3.66. The van der Waals surface area contributed by atoms with Crippen LogP contribution >= 0.6 is 11.6 Å². The first-order valence-corrected chi connectivity index (χ1v) is 10.1. The molecule has 0 unspecified atom stereocenters. The zero-order valence-corrected chi connectivity index (χ0v) is 17.2. The Morgan fingerprint density at radius 1 is 1.33 bits per heavy atom. The molecule has 0 atom stereocenters. The van der Waals surface area contributed by atoms with Gasteiger partial charge in [0.2, 0.25) is 0 Å². The van der Waals surface area contributed by atoms with E-state index in [0.717, 1.165) is 18.9 Å². The molecule has 156 valence electrons. The van der Waals surface area contributed by atoms with Gasteiger partial charge in [0.1, 0.15) is 5.82 Å². The van der Waals surface area contributed by atoms with Gasteiger partial charge in [0.25, 0.3) is 11.5 Å². The molecule has 2 aromatic heterocycles. The van der Waals surface area contributed by atoms with Crippen LogP contribution in [0.15, 0.2) is 33.9 Å². The topological polar surface area (TPSA) is 96.9 Å². The molecule has 0 saturated heterocycles. The number of benzene rings is 1. The van der Waals surface area contributed by atoms with Gasteiger partial charge < -0.3 is 5.32 Å². The number of aromatic amines is 1. The number of fused-ring (bicyclic) bond motifs is 1. The molecule has 9 heteroatoms. The summed E-state index contributed by atoms with van der Waals surface area (Å²) in [5.41, 5.74) is 0.0410. The number of nitrogens with zero attached hydrogens (tertiary/aromatic N) is 2. The molecule has 3 aromatic rings. The summed E-state index contributed by atoms with van der Waals surface area (Å²) in [6.07, 6.45) is 1.87. The molecule has 1 aliphatic carbocycles. The lowest BCUT2D eigenvalue weighted by atomic mass is 10.1. The fraction of sp³-hybridized carbons (Fsp3) is 0.333. The second-order valence-corrected chi connectivity index (χ2v) is 8.32. The summed E-state index contributed by atoms with van der Waals surface area (Å²) in [7, 11) is 0. The van der Waals surface area contributed by atoms with Crippen LogP contribution in [0.5, 0.6) is 0 Å². The van der Waals surface area contributed by atoms with Gasteiger partial charge >= 0.3 is 5.69 Å². The highest BCUT2D eigenvalue weighted by atomic mass is 35.5.